The molecule has 6 heteroatoms. The fraction of sp³-hybridized carbons (Fsp3) is 0.444. The summed E-state index contributed by atoms with van der Waals surface area (Å²) in [7, 11) is 0. The number of nitrogens with zero attached hydrogens (tertiary/aromatic N) is 2. The average Bonchev–Trinajstić information content (AvgIpc) is 3.44. The molecule has 2 atom stereocenters. The number of rotatable bonds is 6. The van der Waals surface area contributed by atoms with E-state index in [4.69, 9.17) is 4.74 Å². The SMILES string of the molecule is CCCN(C(=O)c1ccc2c(c1)C(=O)N(CC1CCCO1)C2=O)C1CCc2ccccc2C1. The molecule has 2 aliphatic heterocycles. The number of hydrogen-bond acceptors (Lipinski definition) is 4. The Kier molecular flexibility index (Phi) is 6.02. The van der Waals surface area contributed by atoms with Gasteiger partial charge < -0.3 is 9.64 Å². The minimum absolute atomic E-state index is 0.0677. The molecule has 2 aromatic carbocycles. The van der Waals surface area contributed by atoms with E-state index < -0.39 is 0 Å². The molecular weight excluding hydrogens is 416 g/mol. The van der Waals surface area contributed by atoms with E-state index >= 15 is 0 Å². The van der Waals surface area contributed by atoms with E-state index in [-0.39, 0.29) is 36.4 Å². The molecule has 1 saturated heterocycles. The zero-order valence-corrected chi connectivity index (χ0v) is 19.1. The molecule has 2 unspecified atom stereocenters. The van der Waals surface area contributed by atoms with Crippen LogP contribution in [0.3, 0.4) is 0 Å². The van der Waals surface area contributed by atoms with Crippen molar-refractivity contribution in [2.24, 2.45) is 0 Å². The number of carbonyl (C=O) groups is 3. The van der Waals surface area contributed by atoms with Crippen molar-refractivity contribution in [3.05, 3.63) is 70.3 Å². The molecule has 172 valence electrons. The van der Waals surface area contributed by atoms with Gasteiger partial charge in [-0.15, -0.1) is 0 Å². The first-order valence-corrected chi connectivity index (χ1v) is 12.1. The quantitative estimate of drug-likeness (QED) is 0.632. The van der Waals surface area contributed by atoms with Crippen LogP contribution in [0.15, 0.2) is 42.5 Å². The summed E-state index contributed by atoms with van der Waals surface area (Å²) in [4.78, 5) is 42.7. The molecule has 3 aliphatic rings. The molecule has 0 spiro atoms. The lowest BCUT2D eigenvalue weighted by molar-refractivity contribution is 0.0475. The summed E-state index contributed by atoms with van der Waals surface area (Å²) in [6, 6.07) is 13.5. The lowest BCUT2D eigenvalue weighted by Gasteiger charge is -2.35. The molecule has 33 heavy (non-hydrogen) atoms. The van der Waals surface area contributed by atoms with Gasteiger partial charge in [0.15, 0.2) is 0 Å². The second-order valence-corrected chi connectivity index (χ2v) is 9.28. The highest BCUT2D eigenvalue weighted by Crippen LogP contribution is 2.29. The van der Waals surface area contributed by atoms with E-state index in [0.717, 1.165) is 38.5 Å². The van der Waals surface area contributed by atoms with Crippen LogP contribution in [0.25, 0.3) is 0 Å². The predicted octanol–water partition coefficient (Wildman–Crippen LogP) is 3.87. The predicted molar refractivity (Wildman–Crippen MR) is 124 cm³/mol. The molecule has 2 aromatic rings. The molecule has 6 nitrogen and oxygen atoms in total. The third-order valence-corrected chi connectivity index (χ3v) is 7.11. The van der Waals surface area contributed by atoms with Gasteiger partial charge in [0.05, 0.1) is 23.8 Å². The van der Waals surface area contributed by atoms with Crippen molar-refractivity contribution in [3.63, 3.8) is 0 Å². The zero-order chi connectivity index (χ0) is 22.9. The summed E-state index contributed by atoms with van der Waals surface area (Å²) < 4.78 is 5.62. The Balaban J connectivity index is 1.37. The van der Waals surface area contributed by atoms with Crippen LogP contribution in [0, 0.1) is 0 Å². The number of hydrogen-bond donors (Lipinski definition) is 0. The Morgan fingerprint density at radius 3 is 2.61 bits per heavy atom. The van der Waals surface area contributed by atoms with Gasteiger partial charge in [-0.2, -0.15) is 0 Å². The van der Waals surface area contributed by atoms with Gasteiger partial charge in [-0.25, -0.2) is 0 Å². The van der Waals surface area contributed by atoms with Crippen LogP contribution in [0.5, 0.6) is 0 Å². The van der Waals surface area contributed by atoms with Crippen molar-refractivity contribution in [3.8, 4) is 0 Å². The number of carbonyl (C=O) groups excluding carboxylic acids is 3. The maximum absolute atomic E-state index is 13.6. The average molecular weight is 447 g/mol. The maximum Gasteiger partial charge on any atom is 0.261 e. The Hall–Kier alpha value is -2.99. The maximum atomic E-state index is 13.6. The molecule has 1 fully saturated rings. The molecule has 2 heterocycles. The molecule has 0 saturated carbocycles. The molecule has 0 aromatic heterocycles. The highest BCUT2D eigenvalue weighted by atomic mass is 16.5. The van der Waals surface area contributed by atoms with Crippen LogP contribution in [0.4, 0.5) is 0 Å². The summed E-state index contributed by atoms with van der Waals surface area (Å²) in [5.74, 6) is -0.686. The number of ether oxygens (including phenoxy) is 1. The van der Waals surface area contributed by atoms with Gasteiger partial charge in [0.25, 0.3) is 17.7 Å². The highest BCUT2D eigenvalue weighted by Gasteiger charge is 2.38. The highest BCUT2D eigenvalue weighted by molar-refractivity contribution is 6.22. The van der Waals surface area contributed by atoms with Crippen molar-refractivity contribution >= 4 is 17.7 Å². The van der Waals surface area contributed by atoms with E-state index in [1.54, 1.807) is 18.2 Å². The summed E-state index contributed by atoms with van der Waals surface area (Å²) in [5, 5.41) is 0. The van der Waals surface area contributed by atoms with Gasteiger partial charge in [0.1, 0.15) is 0 Å². The van der Waals surface area contributed by atoms with Crippen molar-refractivity contribution in [1.29, 1.82) is 0 Å². The Morgan fingerprint density at radius 1 is 1.06 bits per heavy atom. The lowest BCUT2D eigenvalue weighted by atomic mass is 9.87. The normalized spacial score (nSPS) is 21.8. The number of imide groups is 1. The van der Waals surface area contributed by atoms with Crippen molar-refractivity contribution in [2.75, 3.05) is 19.7 Å². The molecule has 1 aliphatic carbocycles. The fourth-order valence-corrected chi connectivity index (χ4v) is 5.38. The van der Waals surface area contributed by atoms with Crippen molar-refractivity contribution in [2.45, 2.75) is 57.6 Å². The number of fused-ring (bicyclic) bond motifs is 2. The standard InChI is InChI=1S/C27H30N2O4/c1-2-13-28(21-11-9-18-6-3-4-7-19(18)15-21)25(30)20-10-12-23-24(16-20)27(32)29(26(23)31)17-22-8-5-14-33-22/h3-4,6-7,10,12,16,21-22H,2,5,8-9,11,13-15,17H2,1H3. The van der Waals surface area contributed by atoms with Crippen LogP contribution >= 0.6 is 0 Å². The monoisotopic (exact) mass is 446 g/mol. The summed E-state index contributed by atoms with van der Waals surface area (Å²) >= 11 is 0. The smallest absolute Gasteiger partial charge is 0.261 e. The molecule has 0 bridgehead atoms. The first-order chi connectivity index (χ1) is 16.1. The number of benzene rings is 2. The summed E-state index contributed by atoms with van der Waals surface area (Å²) in [6.45, 7) is 3.69. The van der Waals surface area contributed by atoms with Crippen molar-refractivity contribution in [1.82, 2.24) is 9.80 Å². The molecule has 3 amide bonds. The van der Waals surface area contributed by atoms with Crippen LogP contribution in [-0.4, -0.2) is 59.4 Å². The van der Waals surface area contributed by atoms with E-state index in [9.17, 15) is 14.4 Å². The Labute approximate surface area is 194 Å². The second kappa shape index (κ2) is 9.10. The van der Waals surface area contributed by atoms with E-state index in [2.05, 4.69) is 31.2 Å². The topological polar surface area (TPSA) is 66.9 Å². The first-order valence-electron chi connectivity index (χ1n) is 12.1. The molecular formula is C27H30N2O4. The van der Waals surface area contributed by atoms with E-state index in [1.165, 1.54) is 16.0 Å². The first kappa shape index (κ1) is 21.8. The largest absolute Gasteiger partial charge is 0.376 e. The van der Waals surface area contributed by atoms with Crippen LogP contribution in [0.2, 0.25) is 0 Å². The number of aryl methyl sites for hydroxylation is 1. The third kappa shape index (κ3) is 4.08. The number of amides is 3. The lowest BCUT2D eigenvalue weighted by Crippen LogP contribution is -2.44. The third-order valence-electron chi connectivity index (χ3n) is 7.11. The van der Waals surface area contributed by atoms with Gasteiger partial charge in [-0.05, 0) is 67.9 Å². The minimum atomic E-state index is -0.325. The Bertz CT molecular complexity index is 1090. The Morgan fingerprint density at radius 2 is 1.85 bits per heavy atom. The van der Waals surface area contributed by atoms with Crippen molar-refractivity contribution < 1.29 is 19.1 Å². The van der Waals surface area contributed by atoms with Crippen LogP contribution < -0.4 is 0 Å². The van der Waals surface area contributed by atoms with E-state index in [1.807, 2.05) is 4.90 Å². The van der Waals surface area contributed by atoms with E-state index in [0.29, 0.717) is 29.8 Å². The fourth-order valence-electron chi connectivity index (χ4n) is 5.38. The van der Waals surface area contributed by atoms with Gasteiger partial charge in [0.2, 0.25) is 0 Å². The van der Waals surface area contributed by atoms with Gasteiger partial charge >= 0.3 is 0 Å². The second-order valence-electron chi connectivity index (χ2n) is 9.28. The summed E-state index contributed by atoms with van der Waals surface area (Å²) in [6.07, 6.45) is 5.31. The molecule has 5 rings (SSSR count). The molecule has 0 radical (unpaired) electrons. The zero-order valence-electron chi connectivity index (χ0n) is 19.1. The van der Waals surface area contributed by atoms with Crippen LogP contribution in [0.1, 0.15) is 74.8 Å². The van der Waals surface area contributed by atoms with Gasteiger partial charge in [-0.1, -0.05) is 31.2 Å². The summed E-state index contributed by atoms with van der Waals surface area (Å²) in [5.41, 5.74) is 3.85. The minimum Gasteiger partial charge on any atom is -0.376 e. The van der Waals surface area contributed by atoms with Crippen LogP contribution in [-0.2, 0) is 17.6 Å². The van der Waals surface area contributed by atoms with Gasteiger partial charge in [0, 0.05) is 24.8 Å². The molecule has 0 N–H and O–H groups in total. The van der Waals surface area contributed by atoms with Gasteiger partial charge in [-0.3, -0.25) is 19.3 Å².